The molecule has 0 amide bonds. The van der Waals surface area contributed by atoms with E-state index in [0.29, 0.717) is 5.92 Å². The fourth-order valence-electron chi connectivity index (χ4n) is 2.44. The highest BCUT2D eigenvalue weighted by Crippen LogP contribution is 2.42. The van der Waals surface area contributed by atoms with Gasteiger partial charge < -0.3 is 10.3 Å². The van der Waals surface area contributed by atoms with Crippen LogP contribution >= 0.6 is 15.9 Å². The van der Waals surface area contributed by atoms with E-state index in [1.807, 2.05) is 12.3 Å². The first kappa shape index (κ1) is 13.6. The molecule has 2 heterocycles. The molecule has 5 heteroatoms. The number of aromatic nitrogens is 3. The Labute approximate surface area is 127 Å². The number of rotatable bonds is 5. The third-order valence-corrected chi connectivity index (χ3v) is 4.13. The van der Waals surface area contributed by atoms with Crippen molar-refractivity contribution in [3.63, 3.8) is 0 Å². The predicted molar refractivity (Wildman–Crippen MR) is 84.5 cm³/mol. The Hall–Kier alpha value is -1.36. The lowest BCUT2D eigenvalue weighted by Gasteiger charge is -2.08. The topological polar surface area (TPSA) is 56.7 Å². The highest BCUT2D eigenvalue weighted by atomic mass is 79.9. The second kappa shape index (κ2) is 5.56. The van der Waals surface area contributed by atoms with Gasteiger partial charge in [-0.05, 0) is 41.3 Å². The van der Waals surface area contributed by atoms with E-state index >= 15 is 0 Å². The van der Waals surface area contributed by atoms with Crippen LogP contribution in [0.4, 0.5) is 5.82 Å². The molecule has 0 radical (unpaired) electrons. The first-order valence-electron chi connectivity index (χ1n) is 7.17. The van der Waals surface area contributed by atoms with Crippen molar-refractivity contribution in [2.24, 2.45) is 0 Å². The first-order chi connectivity index (χ1) is 9.70. The number of nitrogen functional groups attached to an aromatic ring is 1. The van der Waals surface area contributed by atoms with E-state index in [0.717, 1.165) is 46.8 Å². The molecule has 1 fully saturated rings. The SMILES string of the molecule is CCCCn1c(C2CC2)nc(-c2cncc(Br)c2)c1N. The van der Waals surface area contributed by atoms with Crippen LogP contribution in [-0.2, 0) is 6.54 Å². The van der Waals surface area contributed by atoms with Gasteiger partial charge >= 0.3 is 0 Å². The van der Waals surface area contributed by atoms with Crippen molar-refractivity contribution in [3.05, 3.63) is 28.8 Å². The molecule has 106 valence electrons. The number of nitrogens with two attached hydrogens (primary N) is 1. The third kappa shape index (κ3) is 2.59. The molecular weight excluding hydrogens is 316 g/mol. The van der Waals surface area contributed by atoms with Gasteiger partial charge in [0.05, 0.1) is 0 Å². The molecular formula is C15H19BrN4. The highest BCUT2D eigenvalue weighted by molar-refractivity contribution is 9.10. The summed E-state index contributed by atoms with van der Waals surface area (Å²) in [4.78, 5) is 9.02. The number of anilines is 1. The van der Waals surface area contributed by atoms with Crippen LogP contribution in [-0.4, -0.2) is 14.5 Å². The summed E-state index contributed by atoms with van der Waals surface area (Å²) in [5, 5.41) is 0. The van der Waals surface area contributed by atoms with E-state index in [4.69, 9.17) is 10.7 Å². The summed E-state index contributed by atoms with van der Waals surface area (Å²) in [7, 11) is 0. The Morgan fingerprint density at radius 2 is 2.20 bits per heavy atom. The van der Waals surface area contributed by atoms with Crippen molar-refractivity contribution in [2.45, 2.75) is 45.1 Å². The molecule has 0 unspecified atom stereocenters. The number of imidazole rings is 1. The highest BCUT2D eigenvalue weighted by Gasteiger charge is 2.30. The van der Waals surface area contributed by atoms with Gasteiger partial charge in [-0.1, -0.05) is 13.3 Å². The Balaban J connectivity index is 2.03. The van der Waals surface area contributed by atoms with Crippen LogP contribution < -0.4 is 5.73 Å². The van der Waals surface area contributed by atoms with E-state index in [1.54, 1.807) is 6.20 Å². The van der Waals surface area contributed by atoms with Gasteiger partial charge in [0.25, 0.3) is 0 Å². The normalized spacial score (nSPS) is 14.7. The molecule has 0 spiro atoms. The van der Waals surface area contributed by atoms with E-state index < -0.39 is 0 Å². The van der Waals surface area contributed by atoms with Crippen molar-refractivity contribution in [3.8, 4) is 11.3 Å². The molecule has 0 aliphatic heterocycles. The largest absolute Gasteiger partial charge is 0.383 e. The van der Waals surface area contributed by atoms with Crippen molar-refractivity contribution in [1.29, 1.82) is 0 Å². The third-order valence-electron chi connectivity index (χ3n) is 3.69. The molecule has 0 aromatic carbocycles. The van der Waals surface area contributed by atoms with Crippen LogP contribution in [0, 0.1) is 0 Å². The van der Waals surface area contributed by atoms with Crippen LogP contribution in [0.1, 0.15) is 44.3 Å². The molecule has 3 rings (SSSR count). The summed E-state index contributed by atoms with van der Waals surface area (Å²) in [5.74, 6) is 2.54. The van der Waals surface area contributed by atoms with Gasteiger partial charge in [0.15, 0.2) is 0 Å². The van der Waals surface area contributed by atoms with Crippen LogP contribution in [0.5, 0.6) is 0 Å². The molecule has 2 aromatic heterocycles. The number of halogens is 1. The van der Waals surface area contributed by atoms with E-state index in [9.17, 15) is 0 Å². The summed E-state index contributed by atoms with van der Waals surface area (Å²) < 4.78 is 3.16. The fourth-order valence-corrected chi connectivity index (χ4v) is 2.81. The maximum atomic E-state index is 6.35. The monoisotopic (exact) mass is 334 g/mol. The average Bonchev–Trinajstić information content (AvgIpc) is 3.22. The Morgan fingerprint density at radius 3 is 2.85 bits per heavy atom. The molecule has 0 bridgehead atoms. The van der Waals surface area contributed by atoms with E-state index in [1.165, 1.54) is 12.8 Å². The number of hydrogen-bond acceptors (Lipinski definition) is 3. The van der Waals surface area contributed by atoms with Crippen LogP contribution in [0.2, 0.25) is 0 Å². The molecule has 0 saturated heterocycles. The standard InChI is InChI=1S/C15H19BrN4/c1-2-3-6-20-14(17)13(19-15(20)10-4-5-10)11-7-12(16)9-18-8-11/h7-10H,2-6,17H2,1H3. The average molecular weight is 335 g/mol. The number of unbranched alkanes of at least 4 members (excludes halogenated alkanes) is 1. The van der Waals surface area contributed by atoms with Gasteiger partial charge in [-0.3, -0.25) is 4.98 Å². The molecule has 20 heavy (non-hydrogen) atoms. The molecule has 1 aliphatic carbocycles. The Bertz CT molecular complexity index is 616. The van der Waals surface area contributed by atoms with E-state index in [2.05, 4.69) is 32.4 Å². The summed E-state index contributed by atoms with van der Waals surface area (Å²) in [6.07, 6.45) is 8.36. The van der Waals surface area contributed by atoms with Crippen molar-refractivity contribution in [2.75, 3.05) is 5.73 Å². The smallest absolute Gasteiger partial charge is 0.131 e. The minimum absolute atomic E-state index is 0.600. The Kier molecular flexibility index (Phi) is 3.78. The minimum Gasteiger partial charge on any atom is -0.383 e. The molecule has 2 N–H and O–H groups in total. The zero-order valence-electron chi connectivity index (χ0n) is 11.6. The molecule has 1 aliphatic rings. The summed E-state index contributed by atoms with van der Waals surface area (Å²) in [5.41, 5.74) is 8.20. The molecule has 0 atom stereocenters. The van der Waals surface area contributed by atoms with Crippen LogP contribution in [0.3, 0.4) is 0 Å². The van der Waals surface area contributed by atoms with Gasteiger partial charge in [-0.2, -0.15) is 0 Å². The zero-order valence-corrected chi connectivity index (χ0v) is 13.2. The molecule has 1 saturated carbocycles. The van der Waals surface area contributed by atoms with Gasteiger partial charge in [0, 0.05) is 34.9 Å². The summed E-state index contributed by atoms with van der Waals surface area (Å²) >= 11 is 3.45. The lowest BCUT2D eigenvalue weighted by atomic mass is 10.2. The maximum absolute atomic E-state index is 6.35. The summed E-state index contributed by atoms with van der Waals surface area (Å²) in [6.45, 7) is 3.16. The second-order valence-electron chi connectivity index (χ2n) is 5.38. The van der Waals surface area contributed by atoms with Crippen LogP contribution in [0.25, 0.3) is 11.3 Å². The molecule has 4 nitrogen and oxygen atoms in total. The van der Waals surface area contributed by atoms with E-state index in [-0.39, 0.29) is 0 Å². The minimum atomic E-state index is 0.600. The van der Waals surface area contributed by atoms with Gasteiger partial charge in [-0.25, -0.2) is 4.98 Å². The Morgan fingerprint density at radius 1 is 1.40 bits per heavy atom. The lowest BCUT2D eigenvalue weighted by molar-refractivity contribution is 0.609. The van der Waals surface area contributed by atoms with Gasteiger partial charge in [0.1, 0.15) is 17.3 Å². The number of nitrogens with zero attached hydrogens (tertiary/aromatic N) is 3. The number of pyridine rings is 1. The van der Waals surface area contributed by atoms with Crippen LogP contribution in [0.15, 0.2) is 22.9 Å². The van der Waals surface area contributed by atoms with Gasteiger partial charge in [0.2, 0.25) is 0 Å². The quantitative estimate of drug-likeness (QED) is 0.899. The van der Waals surface area contributed by atoms with Crippen molar-refractivity contribution >= 4 is 21.7 Å². The zero-order chi connectivity index (χ0) is 14.1. The van der Waals surface area contributed by atoms with Gasteiger partial charge in [-0.15, -0.1) is 0 Å². The predicted octanol–water partition coefficient (Wildman–Crippen LogP) is 3.97. The van der Waals surface area contributed by atoms with Crippen molar-refractivity contribution in [1.82, 2.24) is 14.5 Å². The second-order valence-corrected chi connectivity index (χ2v) is 6.29. The number of hydrogen-bond donors (Lipinski definition) is 1. The lowest BCUT2D eigenvalue weighted by Crippen LogP contribution is -2.06. The van der Waals surface area contributed by atoms with Crippen molar-refractivity contribution < 1.29 is 0 Å². The first-order valence-corrected chi connectivity index (χ1v) is 7.96. The fraction of sp³-hybridized carbons (Fsp3) is 0.467. The molecule has 2 aromatic rings. The summed E-state index contributed by atoms with van der Waals surface area (Å²) in [6, 6.07) is 2.02. The maximum Gasteiger partial charge on any atom is 0.131 e.